The molecule has 25 heavy (non-hydrogen) atoms. The van der Waals surface area contributed by atoms with Crippen molar-refractivity contribution in [2.75, 3.05) is 25.5 Å². The van der Waals surface area contributed by atoms with Crippen LogP contribution >= 0.6 is 0 Å². The van der Waals surface area contributed by atoms with Crippen LogP contribution in [0.25, 0.3) is 0 Å². The second-order valence-electron chi connectivity index (χ2n) is 7.08. The molecule has 1 heterocycles. The topological polar surface area (TPSA) is 52.7 Å². The number of carbonyl (C=O) groups is 2. The minimum absolute atomic E-state index is 0.0192. The van der Waals surface area contributed by atoms with Crippen molar-refractivity contribution in [3.63, 3.8) is 0 Å². The van der Waals surface area contributed by atoms with Crippen molar-refractivity contribution in [1.29, 1.82) is 0 Å². The van der Waals surface area contributed by atoms with Crippen LogP contribution in [-0.4, -0.2) is 41.9 Å². The molecule has 1 aromatic carbocycles. The molecule has 1 N–H and O–H groups in total. The second kappa shape index (κ2) is 9.44. The molecule has 1 atom stereocenters. The Kier molecular flexibility index (Phi) is 7.29. The summed E-state index contributed by atoms with van der Waals surface area (Å²) in [6.07, 6.45) is 5.90. The summed E-state index contributed by atoms with van der Waals surface area (Å²) in [5.41, 5.74) is 1.79. The number of amides is 3. The van der Waals surface area contributed by atoms with Crippen molar-refractivity contribution >= 4 is 17.6 Å². The average Bonchev–Trinajstić information content (AvgIpc) is 2.81. The maximum absolute atomic E-state index is 12.6. The molecule has 3 amide bonds. The normalized spacial score (nSPS) is 17.7. The van der Waals surface area contributed by atoms with Gasteiger partial charge in [-0.25, -0.2) is 4.79 Å². The Balaban J connectivity index is 1.92. The van der Waals surface area contributed by atoms with Crippen LogP contribution in [-0.2, 0) is 11.3 Å². The molecular weight excluding hydrogens is 314 g/mol. The summed E-state index contributed by atoms with van der Waals surface area (Å²) >= 11 is 0. The Bertz CT molecular complexity index is 588. The first-order valence-electron chi connectivity index (χ1n) is 9.36. The lowest BCUT2D eigenvalue weighted by Crippen LogP contribution is -2.35. The van der Waals surface area contributed by atoms with Gasteiger partial charge in [-0.1, -0.05) is 31.9 Å². The molecule has 2 rings (SSSR count). The summed E-state index contributed by atoms with van der Waals surface area (Å²) in [7, 11) is 1.78. The number of rotatable bonds is 5. The summed E-state index contributed by atoms with van der Waals surface area (Å²) < 4.78 is 0. The minimum atomic E-state index is -0.0192. The Morgan fingerprint density at radius 3 is 2.80 bits per heavy atom. The van der Waals surface area contributed by atoms with Crippen molar-refractivity contribution < 1.29 is 9.59 Å². The van der Waals surface area contributed by atoms with E-state index in [1.165, 1.54) is 19.3 Å². The largest absolute Gasteiger partial charge is 0.342 e. The molecular formula is C20H31N3O2. The van der Waals surface area contributed by atoms with Crippen molar-refractivity contribution in [2.45, 2.75) is 52.5 Å². The highest BCUT2D eigenvalue weighted by Gasteiger charge is 2.20. The van der Waals surface area contributed by atoms with Gasteiger partial charge in [0.2, 0.25) is 5.91 Å². The van der Waals surface area contributed by atoms with Crippen molar-refractivity contribution in [2.24, 2.45) is 5.92 Å². The zero-order valence-electron chi connectivity index (χ0n) is 15.8. The van der Waals surface area contributed by atoms with Crippen LogP contribution in [0.5, 0.6) is 0 Å². The predicted molar refractivity (Wildman–Crippen MR) is 101 cm³/mol. The zero-order chi connectivity index (χ0) is 18.2. The van der Waals surface area contributed by atoms with Gasteiger partial charge >= 0.3 is 6.03 Å². The van der Waals surface area contributed by atoms with Gasteiger partial charge in [-0.15, -0.1) is 0 Å². The fourth-order valence-electron chi connectivity index (χ4n) is 3.40. The second-order valence-corrected chi connectivity index (χ2v) is 7.08. The number of carbonyl (C=O) groups excluding carboxylic acids is 2. The number of nitrogens with zero attached hydrogens (tertiary/aromatic N) is 2. The first-order chi connectivity index (χ1) is 12.0. The third-order valence-corrected chi connectivity index (χ3v) is 4.97. The van der Waals surface area contributed by atoms with Crippen LogP contribution in [0.1, 0.15) is 51.5 Å². The lowest BCUT2D eigenvalue weighted by molar-refractivity contribution is -0.128. The van der Waals surface area contributed by atoms with Crippen LogP contribution in [0.3, 0.4) is 0 Å². The molecule has 0 spiro atoms. The lowest BCUT2D eigenvalue weighted by Gasteiger charge is -2.21. The summed E-state index contributed by atoms with van der Waals surface area (Å²) in [6, 6.07) is 7.70. The Labute approximate surface area is 151 Å². The minimum Gasteiger partial charge on any atom is -0.342 e. The van der Waals surface area contributed by atoms with Gasteiger partial charge in [0.05, 0.1) is 0 Å². The molecule has 1 aliphatic rings. The van der Waals surface area contributed by atoms with E-state index in [0.29, 0.717) is 6.54 Å². The van der Waals surface area contributed by atoms with E-state index < -0.39 is 0 Å². The van der Waals surface area contributed by atoms with Crippen molar-refractivity contribution in [1.82, 2.24) is 9.80 Å². The molecule has 1 fully saturated rings. The first kappa shape index (κ1) is 19.3. The highest BCUT2D eigenvalue weighted by molar-refractivity contribution is 5.89. The molecule has 0 bridgehead atoms. The van der Waals surface area contributed by atoms with E-state index in [1.54, 1.807) is 18.9 Å². The molecule has 5 nitrogen and oxygen atoms in total. The van der Waals surface area contributed by atoms with Crippen LogP contribution in [0.4, 0.5) is 10.5 Å². The van der Waals surface area contributed by atoms with Crippen molar-refractivity contribution in [3.8, 4) is 0 Å². The van der Waals surface area contributed by atoms with Gasteiger partial charge in [0.1, 0.15) is 0 Å². The molecule has 0 saturated carbocycles. The number of hydrogen-bond donors (Lipinski definition) is 1. The van der Waals surface area contributed by atoms with Gasteiger partial charge in [-0.3, -0.25) is 4.79 Å². The average molecular weight is 345 g/mol. The molecule has 0 aliphatic carbocycles. The van der Waals surface area contributed by atoms with E-state index in [-0.39, 0.29) is 11.9 Å². The van der Waals surface area contributed by atoms with E-state index in [0.717, 1.165) is 43.1 Å². The SMILES string of the molecule is CCC[C@@H]1CCCN(C(=O)Nc2cccc(CN(C)C(C)=O)c2)CC1. The van der Waals surface area contributed by atoms with Gasteiger partial charge in [-0.05, 0) is 42.9 Å². The summed E-state index contributed by atoms with van der Waals surface area (Å²) in [5.74, 6) is 0.786. The number of hydrogen-bond acceptors (Lipinski definition) is 2. The first-order valence-corrected chi connectivity index (χ1v) is 9.36. The van der Waals surface area contributed by atoms with E-state index in [9.17, 15) is 9.59 Å². The highest BCUT2D eigenvalue weighted by Crippen LogP contribution is 2.22. The summed E-state index contributed by atoms with van der Waals surface area (Å²) in [5, 5.41) is 3.01. The van der Waals surface area contributed by atoms with Crippen LogP contribution in [0, 0.1) is 5.92 Å². The van der Waals surface area contributed by atoms with Crippen LogP contribution in [0.2, 0.25) is 0 Å². The highest BCUT2D eigenvalue weighted by atomic mass is 16.2. The van der Waals surface area contributed by atoms with Gasteiger partial charge in [0.25, 0.3) is 0 Å². The number of benzene rings is 1. The number of likely N-dealkylation sites (tertiary alicyclic amines) is 1. The molecule has 0 aromatic heterocycles. The fraction of sp³-hybridized carbons (Fsp3) is 0.600. The Morgan fingerprint density at radius 2 is 2.08 bits per heavy atom. The summed E-state index contributed by atoms with van der Waals surface area (Å²) in [6.45, 7) is 5.99. The van der Waals surface area contributed by atoms with E-state index in [4.69, 9.17) is 0 Å². The molecule has 1 aliphatic heterocycles. The monoisotopic (exact) mass is 345 g/mol. The molecule has 138 valence electrons. The Hall–Kier alpha value is -2.04. The molecule has 1 aromatic rings. The molecule has 0 unspecified atom stereocenters. The van der Waals surface area contributed by atoms with Gasteiger partial charge < -0.3 is 15.1 Å². The fourth-order valence-corrected chi connectivity index (χ4v) is 3.40. The van der Waals surface area contributed by atoms with E-state index in [1.807, 2.05) is 29.2 Å². The zero-order valence-corrected chi connectivity index (χ0v) is 15.8. The Morgan fingerprint density at radius 1 is 1.28 bits per heavy atom. The maximum atomic E-state index is 12.6. The standard InChI is InChI=1S/C20H31N3O2/c1-4-7-17-9-6-12-23(13-11-17)20(25)21-19-10-5-8-18(14-19)15-22(3)16(2)24/h5,8,10,14,17H,4,6-7,9,11-13,15H2,1-3H3,(H,21,25)/t17-/m1/s1. The lowest BCUT2D eigenvalue weighted by atomic mass is 9.96. The van der Waals surface area contributed by atoms with Crippen LogP contribution in [0.15, 0.2) is 24.3 Å². The number of urea groups is 1. The molecule has 1 saturated heterocycles. The summed E-state index contributed by atoms with van der Waals surface area (Å²) in [4.78, 5) is 27.5. The van der Waals surface area contributed by atoms with Gasteiger partial charge in [0.15, 0.2) is 0 Å². The van der Waals surface area contributed by atoms with Crippen LogP contribution < -0.4 is 5.32 Å². The van der Waals surface area contributed by atoms with Gasteiger partial charge in [-0.2, -0.15) is 0 Å². The third kappa shape index (κ3) is 6.07. The third-order valence-electron chi connectivity index (χ3n) is 4.97. The van der Waals surface area contributed by atoms with E-state index in [2.05, 4.69) is 12.2 Å². The van der Waals surface area contributed by atoms with Gasteiger partial charge in [0, 0.05) is 39.3 Å². The quantitative estimate of drug-likeness (QED) is 0.873. The molecule has 5 heteroatoms. The smallest absolute Gasteiger partial charge is 0.321 e. The maximum Gasteiger partial charge on any atom is 0.321 e. The number of anilines is 1. The molecule has 0 radical (unpaired) electrons. The predicted octanol–water partition coefficient (Wildman–Crippen LogP) is 4.10. The van der Waals surface area contributed by atoms with E-state index >= 15 is 0 Å². The van der Waals surface area contributed by atoms with Crippen molar-refractivity contribution in [3.05, 3.63) is 29.8 Å². The number of nitrogens with one attached hydrogen (secondary N) is 1.